The zero-order valence-corrected chi connectivity index (χ0v) is 21.7. The molecular weight excluding hydrogens is 575 g/mol. The molecule has 0 saturated heterocycles. The zero-order chi connectivity index (χ0) is 25.3. The van der Waals surface area contributed by atoms with Crippen LogP contribution in [-0.4, -0.2) is 74.8 Å². The third-order valence-corrected chi connectivity index (χ3v) is 8.61. The summed E-state index contributed by atoms with van der Waals surface area (Å²) in [5.41, 5.74) is 3.02. The van der Waals surface area contributed by atoms with Crippen LogP contribution in [-0.2, 0) is 21.8 Å². The molecule has 0 saturated carbocycles. The van der Waals surface area contributed by atoms with Crippen LogP contribution in [0.5, 0.6) is 5.75 Å². The van der Waals surface area contributed by atoms with Gasteiger partial charge in [-0.2, -0.15) is 11.8 Å². The minimum Gasteiger partial charge on any atom is -0.510 e. The standard InChI is InChI=1S/C23H25IN2O7S/c1-26(2)16-11-5-8-4-10-12(24)6-9(7-34-3)17(27)14(10)18(28)13(8)20(30)23(11,33)21(31)15(19(16)29)22(25)32/h6,8,11,16,27,29-30,33H,4-5,7H2,1-3H3,(H2,25,32)/t8?,11?,16?,23-/m0/s1. The number of aliphatic hydroxyl groups is 3. The quantitative estimate of drug-likeness (QED) is 0.255. The van der Waals surface area contributed by atoms with Gasteiger partial charge in [0, 0.05) is 26.4 Å². The van der Waals surface area contributed by atoms with E-state index in [9.17, 15) is 34.8 Å². The number of carbonyl (C=O) groups excluding carboxylic acids is 3. The van der Waals surface area contributed by atoms with E-state index in [1.807, 2.05) is 12.3 Å². The number of likely N-dealkylation sites (N-methyl/N-ethyl adjacent to an activating group) is 1. The summed E-state index contributed by atoms with van der Waals surface area (Å²) in [4.78, 5) is 40.4. The lowest BCUT2D eigenvalue weighted by atomic mass is 9.58. The van der Waals surface area contributed by atoms with Gasteiger partial charge in [-0.15, -0.1) is 0 Å². The number of phenolic OH excluding ortho intramolecular Hbond substituents is 1. The van der Waals surface area contributed by atoms with Crippen molar-refractivity contribution in [3.05, 3.63) is 49.0 Å². The number of hydrogen-bond acceptors (Lipinski definition) is 9. The Bertz CT molecular complexity index is 1210. The lowest BCUT2D eigenvalue weighted by Gasteiger charge is -2.50. The maximum absolute atomic E-state index is 13.6. The Balaban J connectivity index is 1.96. The van der Waals surface area contributed by atoms with Crippen LogP contribution in [0.15, 0.2) is 28.7 Å². The SMILES string of the molecule is CSCc1cc(I)c2c(c1O)C(=O)C1=C(O)[C@]3(O)C(=O)C(C(N)=O)=C(O)C(N(C)C)C3CC1C2. The van der Waals surface area contributed by atoms with Crippen molar-refractivity contribution in [2.75, 3.05) is 20.4 Å². The first-order valence-corrected chi connectivity index (χ1v) is 13.0. The van der Waals surface area contributed by atoms with Crippen LogP contribution in [0.25, 0.3) is 0 Å². The predicted molar refractivity (Wildman–Crippen MR) is 134 cm³/mol. The number of nitrogens with zero attached hydrogens (tertiary/aromatic N) is 1. The number of ketones is 2. The summed E-state index contributed by atoms with van der Waals surface area (Å²) in [7, 11) is 3.20. The Kier molecular flexibility index (Phi) is 6.28. The van der Waals surface area contributed by atoms with Gasteiger partial charge in [-0.1, -0.05) is 0 Å². The number of aromatic hydroxyl groups is 1. The number of nitrogens with two attached hydrogens (primary N) is 1. The second-order valence-electron chi connectivity index (χ2n) is 9.12. The van der Waals surface area contributed by atoms with Gasteiger partial charge in [0.25, 0.3) is 5.91 Å². The number of phenols is 1. The smallest absolute Gasteiger partial charge is 0.255 e. The van der Waals surface area contributed by atoms with Crippen molar-refractivity contribution in [2.45, 2.75) is 30.2 Å². The lowest BCUT2D eigenvalue weighted by molar-refractivity contribution is -0.148. The zero-order valence-electron chi connectivity index (χ0n) is 18.8. The van der Waals surface area contributed by atoms with Gasteiger partial charge < -0.3 is 26.2 Å². The van der Waals surface area contributed by atoms with Crippen molar-refractivity contribution < 1.29 is 34.8 Å². The van der Waals surface area contributed by atoms with Gasteiger partial charge in [-0.3, -0.25) is 19.3 Å². The van der Waals surface area contributed by atoms with Gasteiger partial charge in [0.15, 0.2) is 11.4 Å². The highest BCUT2D eigenvalue weighted by molar-refractivity contribution is 14.1. The molecule has 4 rings (SSSR count). The summed E-state index contributed by atoms with van der Waals surface area (Å²) in [5, 5.41) is 44.5. The Morgan fingerprint density at radius 3 is 2.50 bits per heavy atom. The van der Waals surface area contributed by atoms with Gasteiger partial charge in [0.05, 0.1) is 11.6 Å². The van der Waals surface area contributed by atoms with Crippen LogP contribution in [0.3, 0.4) is 0 Å². The summed E-state index contributed by atoms with van der Waals surface area (Å²) in [5.74, 6) is -5.87. The molecule has 0 spiro atoms. The van der Waals surface area contributed by atoms with Crippen molar-refractivity contribution in [3.8, 4) is 5.75 Å². The molecule has 0 radical (unpaired) electrons. The van der Waals surface area contributed by atoms with E-state index in [0.29, 0.717) is 23.3 Å². The van der Waals surface area contributed by atoms with Gasteiger partial charge >= 0.3 is 0 Å². The monoisotopic (exact) mass is 600 g/mol. The largest absolute Gasteiger partial charge is 0.510 e. The van der Waals surface area contributed by atoms with Crippen molar-refractivity contribution in [1.29, 1.82) is 0 Å². The average Bonchev–Trinajstić information content (AvgIpc) is 2.74. The molecule has 1 amide bonds. The Morgan fingerprint density at radius 2 is 1.94 bits per heavy atom. The summed E-state index contributed by atoms with van der Waals surface area (Å²) in [6.45, 7) is 0. The molecule has 3 aliphatic rings. The molecular formula is C23H25IN2O7S. The first kappa shape index (κ1) is 25.0. The average molecular weight is 600 g/mol. The molecule has 0 fully saturated rings. The van der Waals surface area contributed by atoms with E-state index in [1.165, 1.54) is 16.7 Å². The normalized spacial score (nSPS) is 28.7. The molecule has 0 aliphatic heterocycles. The molecule has 9 nitrogen and oxygen atoms in total. The van der Waals surface area contributed by atoms with Crippen LogP contribution < -0.4 is 5.73 Å². The van der Waals surface area contributed by atoms with E-state index in [-0.39, 0.29) is 23.3 Å². The van der Waals surface area contributed by atoms with Crippen LogP contribution >= 0.6 is 34.4 Å². The molecule has 34 heavy (non-hydrogen) atoms. The van der Waals surface area contributed by atoms with Crippen molar-refractivity contribution >= 4 is 51.8 Å². The minimum absolute atomic E-state index is 0.0525. The molecule has 6 N–H and O–H groups in total. The number of Topliss-reactive ketones (excluding diaryl/α,β-unsaturated/α-hetero) is 2. The summed E-state index contributed by atoms with van der Waals surface area (Å²) in [6.07, 6.45) is 2.24. The minimum atomic E-state index is -2.62. The van der Waals surface area contributed by atoms with Gasteiger partial charge in [-0.25, -0.2) is 0 Å². The number of thioether (sulfide) groups is 1. The molecule has 1 aromatic carbocycles. The molecule has 1 aromatic rings. The fourth-order valence-corrected chi connectivity index (χ4v) is 6.99. The maximum atomic E-state index is 13.6. The second kappa shape index (κ2) is 8.54. The van der Waals surface area contributed by atoms with Crippen LogP contribution in [0.2, 0.25) is 0 Å². The fourth-order valence-electron chi connectivity index (χ4n) is 5.59. The number of aliphatic hydroxyl groups excluding tert-OH is 2. The topological polar surface area (TPSA) is 161 Å². The summed E-state index contributed by atoms with van der Waals surface area (Å²) in [6, 6.07) is 0.828. The number of rotatable bonds is 4. The number of primary amides is 1. The van der Waals surface area contributed by atoms with E-state index in [2.05, 4.69) is 22.6 Å². The molecule has 3 unspecified atom stereocenters. The Morgan fingerprint density at radius 1 is 1.29 bits per heavy atom. The second-order valence-corrected chi connectivity index (χ2v) is 11.1. The van der Waals surface area contributed by atoms with E-state index < -0.39 is 58.0 Å². The number of halogens is 1. The van der Waals surface area contributed by atoms with E-state index in [1.54, 1.807) is 14.1 Å². The predicted octanol–water partition coefficient (Wildman–Crippen LogP) is 1.59. The number of allylic oxidation sites excluding steroid dienone is 1. The first-order chi connectivity index (χ1) is 15.9. The highest BCUT2D eigenvalue weighted by Gasteiger charge is 2.63. The Labute approximate surface area is 213 Å². The third kappa shape index (κ3) is 3.31. The number of hydrogen-bond donors (Lipinski definition) is 5. The van der Waals surface area contributed by atoms with Crippen LogP contribution in [0.1, 0.15) is 27.9 Å². The molecule has 0 aromatic heterocycles. The molecule has 0 heterocycles. The molecule has 0 bridgehead atoms. The molecule has 11 heteroatoms. The number of carbonyl (C=O) groups is 3. The Hall–Kier alpha value is -2.09. The third-order valence-electron chi connectivity index (χ3n) is 7.05. The highest BCUT2D eigenvalue weighted by Crippen LogP contribution is 2.52. The number of benzene rings is 1. The summed E-state index contributed by atoms with van der Waals surface area (Å²) < 4.78 is 0.796. The van der Waals surface area contributed by atoms with Gasteiger partial charge in [0.2, 0.25) is 5.78 Å². The highest BCUT2D eigenvalue weighted by atomic mass is 127. The van der Waals surface area contributed by atoms with E-state index in [4.69, 9.17) is 5.73 Å². The van der Waals surface area contributed by atoms with E-state index in [0.717, 1.165) is 3.57 Å². The number of fused-ring (bicyclic) bond motifs is 3. The molecule has 3 aliphatic carbocycles. The molecule has 4 atom stereocenters. The first-order valence-electron chi connectivity index (χ1n) is 10.5. The van der Waals surface area contributed by atoms with Crippen LogP contribution in [0, 0.1) is 15.4 Å². The number of amides is 1. The van der Waals surface area contributed by atoms with E-state index >= 15 is 0 Å². The van der Waals surface area contributed by atoms with Crippen LogP contribution in [0.4, 0.5) is 0 Å². The molecule has 182 valence electrons. The van der Waals surface area contributed by atoms with Crippen molar-refractivity contribution in [2.24, 2.45) is 17.6 Å². The van der Waals surface area contributed by atoms with Crippen molar-refractivity contribution in [1.82, 2.24) is 4.90 Å². The maximum Gasteiger partial charge on any atom is 0.255 e. The van der Waals surface area contributed by atoms with Crippen molar-refractivity contribution in [3.63, 3.8) is 0 Å². The van der Waals surface area contributed by atoms with Gasteiger partial charge in [0.1, 0.15) is 22.8 Å². The summed E-state index contributed by atoms with van der Waals surface area (Å²) >= 11 is 3.59. The lowest BCUT2D eigenvalue weighted by Crippen LogP contribution is -2.63. The fraction of sp³-hybridized carbons (Fsp3) is 0.435. The van der Waals surface area contributed by atoms with Gasteiger partial charge in [-0.05, 0) is 73.3 Å².